The summed E-state index contributed by atoms with van der Waals surface area (Å²) in [6.07, 6.45) is 1.22. The van der Waals surface area contributed by atoms with Gasteiger partial charge >= 0.3 is 5.95 Å². The maximum atomic E-state index is 10.2. The molecule has 0 spiro atoms. The molecule has 0 saturated carbocycles. The minimum atomic E-state index is -0.957. The van der Waals surface area contributed by atoms with Crippen LogP contribution in [-0.2, 0) is 6.54 Å². The van der Waals surface area contributed by atoms with Gasteiger partial charge in [-0.25, -0.2) is 0 Å². The summed E-state index contributed by atoms with van der Waals surface area (Å²) in [4.78, 5) is 12.9. The first-order valence-electron chi connectivity index (χ1n) is 3.65. The molecular formula is C6H10N4O3. The molecule has 0 aliphatic carbocycles. The molecule has 0 unspecified atom stereocenters. The van der Waals surface area contributed by atoms with Crippen LogP contribution in [0.1, 0.15) is 13.8 Å². The monoisotopic (exact) mass is 186 g/mol. The van der Waals surface area contributed by atoms with Gasteiger partial charge in [0.05, 0.1) is 12.1 Å². The van der Waals surface area contributed by atoms with Crippen molar-refractivity contribution in [3.63, 3.8) is 0 Å². The SMILES string of the molecule is CC(C)(O)Cn1cnc([N+](=O)[O-])n1. The van der Waals surface area contributed by atoms with Gasteiger partial charge in [0.15, 0.2) is 0 Å². The molecule has 0 radical (unpaired) electrons. The van der Waals surface area contributed by atoms with E-state index in [4.69, 9.17) is 0 Å². The van der Waals surface area contributed by atoms with Gasteiger partial charge < -0.3 is 15.2 Å². The van der Waals surface area contributed by atoms with Crippen LogP contribution in [0.2, 0.25) is 0 Å². The highest BCUT2D eigenvalue weighted by Gasteiger charge is 2.19. The predicted molar refractivity (Wildman–Crippen MR) is 43.0 cm³/mol. The number of hydrogen-bond donors (Lipinski definition) is 1. The molecule has 0 aliphatic rings. The minimum Gasteiger partial charge on any atom is -0.390 e. The summed E-state index contributed by atoms with van der Waals surface area (Å²) in [5, 5.41) is 23.1. The molecular weight excluding hydrogens is 176 g/mol. The standard InChI is InChI=1S/C6H10N4O3/c1-6(2,11)3-9-4-7-5(8-9)10(12)13/h4,11H,3H2,1-2H3. The Bertz CT molecular complexity index is 314. The van der Waals surface area contributed by atoms with E-state index in [0.29, 0.717) is 0 Å². The molecule has 0 amide bonds. The third-order valence-corrected chi connectivity index (χ3v) is 1.24. The number of hydrogen-bond acceptors (Lipinski definition) is 5. The molecule has 0 aliphatic heterocycles. The molecule has 1 rings (SSSR count). The van der Waals surface area contributed by atoms with Gasteiger partial charge in [-0.05, 0) is 18.8 Å². The first-order valence-corrected chi connectivity index (χ1v) is 3.65. The van der Waals surface area contributed by atoms with E-state index < -0.39 is 16.5 Å². The molecule has 1 N–H and O–H groups in total. The van der Waals surface area contributed by atoms with Crippen LogP contribution < -0.4 is 0 Å². The fourth-order valence-electron chi connectivity index (χ4n) is 0.841. The van der Waals surface area contributed by atoms with Gasteiger partial charge in [-0.3, -0.25) is 0 Å². The van der Waals surface area contributed by atoms with Crippen molar-refractivity contribution >= 4 is 5.95 Å². The molecule has 0 saturated heterocycles. The van der Waals surface area contributed by atoms with E-state index in [1.807, 2.05) is 0 Å². The van der Waals surface area contributed by atoms with Crippen molar-refractivity contribution in [3.05, 3.63) is 16.4 Å². The second kappa shape index (κ2) is 3.09. The summed E-state index contributed by atoms with van der Waals surface area (Å²) in [5.74, 6) is -0.454. The zero-order valence-corrected chi connectivity index (χ0v) is 7.34. The molecule has 0 bridgehead atoms. The zero-order chi connectivity index (χ0) is 10.1. The van der Waals surface area contributed by atoms with Gasteiger partial charge in [0.1, 0.15) is 0 Å². The Morgan fingerprint density at radius 1 is 1.77 bits per heavy atom. The van der Waals surface area contributed by atoms with Gasteiger partial charge in [0.2, 0.25) is 6.33 Å². The van der Waals surface area contributed by atoms with Crippen molar-refractivity contribution < 1.29 is 10.0 Å². The van der Waals surface area contributed by atoms with Crippen LogP contribution in [0.4, 0.5) is 5.95 Å². The lowest BCUT2D eigenvalue weighted by Gasteiger charge is -2.13. The van der Waals surface area contributed by atoms with E-state index in [2.05, 4.69) is 10.1 Å². The highest BCUT2D eigenvalue weighted by molar-refractivity contribution is 4.97. The van der Waals surface area contributed by atoms with Gasteiger partial charge in [-0.15, -0.1) is 0 Å². The van der Waals surface area contributed by atoms with Crippen LogP contribution >= 0.6 is 0 Å². The average Bonchev–Trinajstić information content (AvgIpc) is 2.31. The number of rotatable bonds is 3. The Labute approximate surface area is 74.2 Å². The largest absolute Gasteiger partial charge is 0.490 e. The topological polar surface area (TPSA) is 94.1 Å². The second-order valence-corrected chi connectivity index (χ2v) is 3.31. The molecule has 72 valence electrons. The van der Waals surface area contributed by atoms with Crippen molar-refractivity contribution in [1.29, 1.82) is 0 Å². The van der Waals surface area contributed by atoms with Crippen molar-refractivity contribution in [3.8, 4) is 0 Å². The molecule has 13 heavy (non-hydrogen) atoms. The lowest BCUT2D eigenvalue weighted by molar-refractivity contribution is -0.394. The molecule has 0 fully saturated rings. The third-order valence-electron chi connectivity index (χ3n) is 1.24. The number of nitro groups is 1. The highest BCUT2D eigenvalue weighted by atomic mass is 16.6. The molecule has 7 nitrogen and oxygen atoms in total. The molecule has 0 atom stereocenters. The smallest absolute Gasteiger partial charge is 0.390 e. The number of aromatic nitrogens is 3. The Morgan fingerprint density at radius 3 is 2.77 bits per heavy atom. The normalized spacial score (nSPS) is 11.6. The lowest BCUT2D eigenvalue weighted by atomic mass is 10.1. The second-order valence-electron chi connectivity index (χ2n) is 3.31. The van der Waals surface area contributed by atoms with Gasteiger partial charge in [-0.2, -0.15) is 4.68 Å². The van der Waals surface area contributed by atoms with Crippen molar-refractivity contribution in [2.24, 2.45) is 0 Å². The van der Waals surface area contributed by atoms with Crippen molar-refractivity contribution in [1.82, 2.24) is 14.8 Å². The summed E-state index contributed by atoms with van der Waals surface area (Å²) in [7, 11) is 0. The summed E-state index contributed by atoms with van der Waals surface area (Å²) < 4.78 is 1.23. The van der Waals surface area contributed by atoms with E-state index in [1.165, 1.54) is 11.0 Å². The molecule has 0 aromatic carbocycles. The van der Waals surface area contributed by atoms with E-state index >= 15 is 0 Å². The Kier molecular flexibility index (Phi) is 2.28. The maximum Gasteiger partial charge on any atom is 0.490 e. The minimum absolute atomic E-state index is 0.174. The first kappa shape index (κ1) is 9.59. The number of nitrogens with zero attached hydrogens (tertiary/aromatic N) is 4. The lowest BCUT2D eigenvalue weighted by Crippen LogP contribution is -2.26. The van der Waals surface area contributed by atoms with E-state index in [-0.39, 0.29) is 6.54 Å². The summed E-state index contributed by atoms with van der Waals surface area (Å²) in [6.45, 7) is 3.34. The molecule has 1 aromatic heterocycles. The Hall–Kier alpha value is -1.50. The van der Waals surface area contributed by atoms with Crippen molar-refractivity contribution in [2.75, 3.05) is 0 Å². The van der Waals surface area contributed by atoms with Crippen LogP contribution in [0.15, 0.2) is 6.33 Å². The fourth-order valence-corrected chi connectivity index (χ4v) is 0.841. The highest BCUT2D eigenvalue weighted by Crippen LogP contribution is 2.06. The Balaban J connectivity index is 2.75. The summed E-state index contributed by atoms with van der Waals surface area (Å²) in [5.41, 5.74) is -0.957. The van der Waals surface area contributed by atoms with Crippen LogP contribution in [0.3, 0.4) is 0 Å². The predicted octanol–water partition coefficient (Wildman–Crippen LogP) is -0.0428. The van der Waals surface area contributed by atoms with Crippen LogP contribution in [-0.4, -0.2) is 30.4 Å². The molecule has 7 heteroatoms. The van der Waals surface area contributed by atoms with Crippen molar-refractivity contribution in [2.45, 2.75) is 26.0 Å². The maximum absolute atomic E-state index is 10.2. The quantitative estimate of drug-likeness (QED) is 0.527. The first-order chi connectivity index (χ1) is 5.88. The van der Waals surface area contributed by atoms with Crippen LogP contribution in [0, 0.1) is 10.1 Å². The van der Waals surface area contributed by atoms with Crippen LogP contribution in [0.5, 0.6) is 0 Å². The summed E-state index contributed by atoms with van der Waals surface area (Å²) >= 11 is 0. The third kappa shape index (κ3) is 2.79. The zero-order valence-electron chi connectivity index (χ0n) is 7.34. The van der Waals surface area contributed by atoms with Gasteiger partial charge in [0, 0.05) is 5.10 Å². The molecule has 1 aromatic rings. The van der Waals surface area contributed by atoms with Gasteiger partial charge in [0.25, 0.3) is 0 Å². The van der Waals surface area contributed by atoms with E-state index in [1.54, 1.807) is 13.8 Å². The van der Waals surface area contributed by atoms with Gasteiger partial charge in [-0.1, -0.05) is 4.98 Å². The van der Waals surface area contributed by atoms with E-state index in [9.17, 15) is 15.2 Å². The fraction of sp³-hybridized carbons (Fsp3) is 0.667. The van der Waals surface area contributed by atoms with E-state index in [0.717, 1.165) is 0 Å². The molecule has 1 heterocycles. The van der Waals surface area contributed by atoms with Crippen LogP contribution in [0.25, 0.3) is 0 Å². The number of aliphatic hydroxyl groups is 1. The summed E-state index contributed by atoms with van der Waals surface area (Å²) in [6, 6.07) is 0. The Morgan fingerprint density at radius 2 is 2.38 bits per heavy atom. The average molecular weight is 186 g/mol.